The van der Waals surface area contributed by atoms with Gasteiger partial charge in [-0.25, -0.2) is 0 Å². The van der Waals surface area contributed by atoms with Crippen LogP contribution in [0, 0.1) is 11.8 Å². The molecule has 4 rings (SSSR count). The van der Waals surface area contributed by atoms with E-state index in [-0.39, 0.29) is 6.10 Å². The van der Waals surface area contributed by atoms with E-state index < -0.39 is 0 Å². The molecule has 0 radical (unpaired) electrons. The Morgan fingerprint density at radius 1 is 1.24 bits per heavy atom. The van der Waals surface area contributed by atoms with E-state index in [1.807, 2.05) is 0 Å². The van der Waals surface area contributed by atoms with Crippen molar-refractivity contribution in [2.75, 3.05) is 33.3 Å². The lowest BCUT2D eigenvalue weighted by atomic mass is 9.95. The van der Waals surface area contributed by atoms with Crippen LogP contribution in [-0.2, 0) is 11.2 Å². The molecule has 3 aliphatic rings. The molecule has 4 atom stereocenters. The summed E-state index contributed by atoms with van der Waals surface area (Å²) in [7, 11) is 2.26. The Morgan fingerprint density at radius 2 is 2.14 bits per heavy atom. The highest BCUT2D eigenvalue weighted by molar-refractivity contribution is 5.31. The van der Waals surface area contributed by atoms with Crippen LogP contribution in [0.15, 0.2) is 24.3 Å². The van der Waals surface area contributed by atoms with E-state index >= 15 is 0 Å². The summed E-state index contributed by atoms with van der Waals surface area (Å²) in [6.07, 6.45) is 4.05. The Bertz CT molecular complexity index is 504. The van der Waals surface area contributed by atoms with Crippen molar-refractivity contribution in [1.82, 2.24) is 10.2 Å². The van der Waals surface area contributed by atoms with Crippen molar-refractivity contribution < 1.29 is 4.74 Å². The Morgan fingerprint density at radius 3 is 3.10 bits per heavy atom. The number of ether oxygens (including phenoxy) is 1. The van der Waals surface area contributed by atoms with Gasteiger partial charge in [0.25, 0.3) is 0 Å². The molecule has 1 saturated heterocycles. The molecule has 2 unspecified atom stereocenters. The minimum Gasteiger partial charge on any atom is -0.372 e. The third-order valence-electron chi connectivity index (χ3n) is 5.70. The second kappa shape index (κ2) is 5.71. The predicted octanol–water partition coefficient (Wildman–Crippen LogP) is 2.23. The lowest BCUT2D eigenvalue weighted by Crippen LogP contribution is -2.39. The molecule has 2 aliphatic heterocycles. The van der Waals surface area contributed by atoms with Gasteiger partial charge in [0.1, 0.15) is 0 Å². The number of hydrogen-bond acceptors (Lipinski definition) is 3. The zero-order chi connectivity index (χ0) is 14.2. The number of nitrogens with zero attached hydrogens (tertiary/aromatic N) is 1. The number of hydrogen-bond donors (Lipinski definition) is 1. The predicted molar refractivity (Wildman–Crippen MR) is 84.3 cm³/mol. The Balaban J connectivity index is 1.40. The lowest BCUT2D eigenvalue weighted by Gasteiger charge is -2.29. The number of fused-ring (bicyclic) bond motifs is 2. The Kier molecular flexibility index (Phi) is 3.74. The standard InChI is InChI=1S/C18H26N2O/c1-20-11-14-6-7-17(16(14)12-20)19-10-18-15-5-3-2-4-13(15)8-9-21-18/h2-5,14,16-19H,6-12H2,1H3/t14-,16+,17?,18?/m0/s1. The van der Waals surface area contributed by atoms with Gasteiger partial charge >= 0.3 is 0 Å². The van der Waals surface area contributed by atoms with Crippen molar-refractivity contribution in [1.29, 1.82) is 0 Å². The summed E-state index contributed by atoms with van der Waals surface area (Å²) in [5.41, 5.74) is 2.87. The van der Waals surface area contributed by atoms with Gasteiger partial charge in [0.15, 0.2) is 0 Å². The van der Waals surface area contributed by atoms with Gasteiger partial charge in [-0.05, 0) is 49.3 Å². The van der Waals surface area contributed by atoms with Crippen molar-refractivity contribution in [3.05, 3.63) is 35.4 Å². The molecule has 0 spiro atoms. The van der Waals surface area contributed by atoms with Crippen molar-refractivity contribution in [2.45, 2.75) is 31.4 Å². The third-order valence-corrected chi connectivity index (χ3v) is 5.70. The van der Waals surface area contributed by atoms with Crippen LogP contribution in [0.2, 0.25) is 0 Å². The number of nitrogens with one attached hydrogen (secondary N) is 1. The first-order chi connectivity index (χ1) is 10.3. The van der Waals surface area contributed by atoms with Crippen LogP contribution in [0.4, 0.5) is 0 Å². The molecular weight excluding hydrogens is 260 g/mol. The maximum atomic E-state index is 6.02. The molecule has 0 aromatic heterocycles. The summed E-state index contributed by atoms with van der Waals surface area (Å²) < 4.78 is 6.02. The van der Waals surface area contributed by atoms with Gasteiger partial charge in [-0.2, -0.15) is 0 Å². The average Bonchev–Trinajstić information content (AvgIpc) is 3.04. The summed E-state index contributed by atoms with van der Waals surface area (Å²) in [6.45, 7) is 4.40. The first-order valence-electron chi connectivity index (χ1n) is 8.42. The molecule has 1 aliphatic carbocycles. The molecular formula is C18H26N2O. The molecule has 3 heteroatoms. The van der Waals surface area contributed by atoms with Crippen LogP contribution in [-0.4, -0.2) is 44.2 Å². The Hall–Kier alpha value is -0.900. The highest BCUT2D eigenvalue weighted by Crippen LogP contribution is 2.38. The summed E-state index contributed by atoms with van der Waals surface area (Å²) in [5.74, 6) is 1.78. The molecule has 1 N–H and O–H groups in total. The van der Waals surface area contributed by atoms with Gasteiger partial charge in [-0.15, -0.1) is 0 Å². The van der Waals surface area contributed by atoms with E-state index in [0.717, 1.165) is 31.4 Å². The van der Waals surface area contributed by atoms with Gasteiger partial charge < -0.3 is 15.0 Å². The van der Waals surface area contributed by atoms with E-state index in [0.29, 0.717) is 6.04 Å². The van der Waals surface area contributed by atoms with E-state index in [1.54, 1.807) is 0 Å². The maximum Gasteiger partial charge on any atom is 0.0952 e. The molecule has 0 amide bonds. The number of benzene rings is 1. The fraction of sp³-hybridized carbons (Fsp3) is 0.667. The monoisotopic (exact) mass is 286 g/mol. The molecule has 2 fully saturated rings. The minimum absolute atomic E-state index is 0.244. The number of likely N-dealkylation sites (tertiary alicyclic amines) is 1. The van der Waals surface area contributed by atoms with E-state index in [9.17, 15) is 0 Å². The van der Waals surface area contributed by atoms with E-state index in [2.05, 4.69) is 41.5 Å². The molecule has 21 heavy (non-hydrogen) atoms. The van der Waals surface area contributed by atoms with Gasteiger partial charge in [0.05, 0.1) is 12.7 Å². The van der Waals surface area contributed by atoms with Crippen molar-refractivity contribution >= 4 is 0 Å². The number of rotatable bonds is 3. The zero-order valence-corrected chi connectivity index (χ0v) is 12.9. The fourth-order valence-corrected chi connectivity index (χ4v) is 4.65. The van der Waals surface area contributed by atoms with Crippen molar-refractivity contribution in [3.63, 3.8) is 0 Å². The second-order valence-corrected chi connectivity index (χ2v) is 7.05. The fourth-order valence-electron chi connectivity index (χ4n) is 4.65. The molecule has 0 bridgehead atoms. The average molecular weight is 286 g/mol. The van der Waals surface area contributed by atoms with Crippen LogP contribution in [0.1, 0.15) is 30.1 Å². The SMILES string of the molecule is CN1C[C@@H]2CCC(NCC3OCCc4ccccc43)[C@@H]2C1. The van der Waals surface area contributed by atoms with Gasteiger partial charge in [0.2, 0.25) is 0 Å². The molecule has 1 aromatic rings. The van der Waals surface area contributed by atoms with Crippen LogP contribution >= 0.6 is 0 Å². The summed E-state index contributed by atoms with van der Waals surface area (Å²) in [6, 6.07) is 9.46. The summed E-state index contributed by atoms with van der Waals surface area (Å²) >= 11 is 0. The summed E-state index contributed by atoms with van der Waals surface area (Å²) in [5, 5.41) is 3.83. The van der Waals surface area contributed by atoms with Crippen LogP contribution in [0.5, 0.6) is 0 Å². The second-order valence-electron chi connectivity index (χ2n) is 7.05. The van der Waals surface area contributed by atoms with E-state index in [4.69, 9.17) is 4.74 Å². The van der Waals surface area contributed by atoms with Crippen LogP contribution in [0.3, 0.4) is 0 Å². The highest BCUT2D eigenvalue weighted by Gasteiger charge is 2.41. The van der Waals surface area contributed by atoms with Gasteiger partial charge in [0, 0.05) is 25.7 Å². The largest absolute Gasteiger partial charge is 0.372 e. The molecule has 1 saturated carbocycles. The normalized spacial score (nSPS) is 35.7. The third kappa shape index (κ3) is 2.63. The first-order valence-corrected chi connectivity index (χ1v) is 8.42. The molecule has 2 heterocycles. The molecule has 1 aromatic carbocycles. The molecule has 114 valence electrons. The van der Waals surface area contributed by atoms with Crippen molar-refractivity contribution in [2.24, 2.45) is 11.8 Å². The highest BCUT2D eigenvalue weighted by atomic mass is 16.5. The minimum atomic E-state index is 0.244. The molecule has 3 nitrogen and oxygen atoms in total. The van der Waals surface area contributed by atoms with Gasteiger partial charge in [-0.3, -0.25) is 0 Å². The quantitative estimate of drug-likeness (QED) is 0.922. The van der Waals surface area contributed by atoms with Crippen molar-refractivity contribution in [3.8, 4) is 0 Å². The summed E-state index contributed by atoms with van der Waals surface area (Å²) in [4.78, 5) is 2.50. The maximum absolute atomic E-state index is 6.02. The van der Waals surface area contributed by atoms with Crippen LogP contribution < -0.4 is 5.32 Å². The van der Waals surface area contributed by atoms with Crippen LogP contribution in [0.25, 0.3) is 0 Å². The Labute approximate surface area is 127 Å². The smallest absolute Gasteiger partial charge is 0.0952 e. The first kappa shape index (κ1) is 13.7. The van der Waals surface area contributed by atoms with Gasteiger partial charge in [-0.1, -0.05) is 24.3 Å². The lowest BCUT2D eigenvalue weighted by molar-refractivity contribution is 0.0396. The van der Waals surface area contributed by atoms with E-state index in [1.165, 1.54) is 37.1 Å². The zero-order valence-electron chi connectivity index (χ0n) is 12.9. The topological polar surface area (TPSA) is 24.5 Å².